The van der Waals surface area contributed by atoms with E-state index in [2.05, 4.69) is 88.4 Å². The summed E-state index contributed by atoms with van der Waals surface area (Å²) in [6.45, 7) is 9.90. The van der Waals surface area contributed by atoms with E-state index in [9.17, 15) is 10.2 Å². The van der Waals surface area contributed by atoms with Crippen LogP contribution in [-0.2, 0) is 4.43 Å². The first-order valence-corrected chi connectivity index (χ1v) is 14.7. The molecular formula is C29H44O3Si. The SMILES string of the molecule is CC(C(O)CCO)C1(CCO[Si](c2ccccc2)(c2ccccc2)C(C)(C)C)CCCCC1. The van der Waals surface area contributed by atoms with Gasteiger partial charge in [-0.25, -0.2) is 0 Å². The van der Waals surface area contributed by atoms with Gasteiger partial charge in [-0.2, -0.15) is 0 Å². The van der Waals surface area contributed by atoms with Crippen molar-refractivity contribution in [2.45, 2.75) is 83.8 Å². The van der Waals surface area contributed by atoms with E-state index in [-0.39, 0.29) is 23.0 Å². The van der Waals surface area contributed by atoms with Crippen LogP contribution in [-0.4, -0.2) is 37.8 Å². The first-order chi connectivity index (χ1) is 15.8. The number of rotatable bonds is 10. The molecule has 1 aliphatic carbocycles. The molecule has 0 radical (unpaired) electrons. The summed E-state index contributed by atoms with van der Waals surface area (Å²) in [5.41, 5.74) is 0.0816. The van der Waals surface area contributed by atoms with Gasteiger partial charge < -0.3 is 14.6 Å². The van der Waals surface area contributed by atoms with Gasteiger partial charge in [-0.3, -0.25) is 0 Å². The topological polar surface area (TPSA) is 49.7 Å². The molecule has 2 aromatic carbocycles. The fraction of sp³-hybridized carbons (Fsp3) is 0.586. The highest BCUT2D eigenvalue weighted by Crippen LogP contribution is 2.47. The van der Waals surface area contributed by atoms with Crippen molar-refractivity contribution < 1.29 is 14.6 Å². The second-order valence-corrected chi connectivity index (χ2v) is 15.4. The van der Waals surface area contributed by atoms with E-state index >= 15 is 0 Å². The van der Waals surface area contributed by atoms with Crippen LogP contribution in [0.3, 0.4) is 0 Å². The van der Waals surface area contributed by atoms with E-state index in [1.165, 1.54) is 29.6 Å². The summed E-state index contributed by atoms with van der Waals surface area (Å²) in [6.07, 6.45) is 6.95. The second kappa shape index (κ2) is 11.3. The van der Waals surface area contributed by atoms with E-state index in [4.69, 9.17) is 4.43 Å². The number of benzene rings is 2. The van der Waals surface area contributed by atoms with Crippen LogP contribution in [0.25, 0.3) is 0 Å². The summed E-state index contributed by atoms with van der Waals surface area (Å²) < 4.78 is 7.19. The molecule has 2 aromatic rings. The van der Waals surface area contributed by atoms with Gasteiger partial charge in [0.15, 0.2) is 0 Å². The molecule has 1 fully saturated rings. The van der Waals surface area contributed by atoms with E-state index in [0.29, 0.717) is 13.0 Å². The molecule has 0 saturated heterocycles. The Kier molecular flexibility index (Phi) is 8.96. The van der Waals surface area contributed by atoms with Gasteiger partial charge in [0.1, 0.15) is 0 Å². The highest BCUT2D eigenvalue weighted by atomic mass is 28.4. The Balaban J connectivity index is 1.93. The van der Waals surface area contributed by atoms with Crippen LogP contribution in [0.5, 0.6) is 0 Å². The number of aliphatic hydroxyl groups is 2. The van der Waals surface area contributed by atoms with Crippen molar-refractivity contribution in [2.24, 2.45) is 11.3 Å². The van der Waals surface area contributed by atoms with Crippen molar-refractivity contribution in [3.63, 3.8) is 0 Å². The third kappa shape index (κ3) is 5.62. The standard InChI is InChI=1S/C29H44O3Si/c1-24(27(31)18-22-30)29(19-12-7-13-20-29)21-23-32-33(28(2,3)4,25-14-8-5-9-15-25)26-16-10-6-11-17-26/h5-6,8-11,14-17,24,27,30-31H,7,12-13,18-23H2,1-4H3. The lowest BCUT2D eigenvalue weighted by molar-refractivity contribution is -0.0208. The van der Waals surface area contributed by atoms with Crippen LogP contribution >= 0.6 is 0 Å². The fourth-order valence-corrected chi connectivity index (χ4v) is 10.7. The Hall–Kier alpha value is -1.46. The average molecular weight is 469 g/mol. The molecule has 0 spiro atoms. The fourth-order valence-electron chi connectivity index (χ4n) is 6.15. The Morgan fingerprint density at radius 3 is 1.88 bits per heavy atom. The second-order valence-electron chi connectivity index (χ2n) is 11.1. The maximum atomic E-state index is 10.8. The summed E-state index contributed by atoms with van der Waals surface area (Å²) in [6, 6.07) is 21.7. The zero-order chi connectivity index (χ0) is 24.0. The van der Waals surface area contributed by atoms with Gasteiger partial charge in [-0.1, -0.05) is 108 Å². The first kappa shape index (κ1) is 26.1. The molecule has 182 valence electrons. The van der Waals surface area contributed by atoms with E-state index < -0.39 is 14.4 Å². The zero-order valence-corrected chi connectivity index (χ0v) is 22.1. The van der Waals surface area contributed by atoms with Crippen LogP contribution < -0.4 is 10.4 Å². The minimum Gasteiger partial charge on any atom is -0.407 e. The van der Waals surface area contributed by atoms with Crippen LogP contribution in [0.1, 0.15) is 72.6 Å². The molecule has 33 heavy (non-hydrogen) atoms. The third-order valence-corrected chi connectivity index (χ3v) is 13.2. The number of hydrogen-bond donors (Lipinski definition) is 2. The van der Waals surface area contributed by atoms with Gasteiger partial charge in [-0.05, 0) is 52.4 Å². The molecule has 0 heterocycles. The molecule has 3 rings (SSSR count). The highest BCUT2D eigenvalue weighted by molar-refractivity contribution is 6.99. The minimum atomic E-state index is -2.55. The first-order valence-electron chi connectivity index (χ1n) is 12.8. The minimum absolute atomic E-state index is 0.0303. The monoisotopic (exact) mass is 468 g/mol. The largest absolute Gasteiger partial charge is 0.407 e. The Morgan fingerprint density at radius 2 is 1.42 bits per heavy atom. The van der Waals surface area contributed by atoms with Crippen LogP contribution in [0.2, 0.25) is 5.04 Å². The van der Waals surface area contributed by atoms with Gasteiger partial charge in [0.25, 0.3) is 8.32 Å². The molecule has 0 aliphatic heterocycles. The summed E-state index contributed by atoms with van der Waals surface area (Å²) in [5.74, 6) is 0.160. The van der Waals surface area contributed by atoms with Gasteiger partial charge in [0.2, 0.25) is 0 Å². The highest BCUT2D eigenvalue weighted by Gasteiger charge is 2.50. The lowest BCUT2D eigenvalue weighted by Crippen LogP contribution is -2.66. The predicted octanol–water partition coefficient (Wildman–Crippen LogP) is 5.28. The number of aliphatic hydroxyl groups excluding tert-OH is 2. The summed E-state index contributed by atoms with van der Waals surface area (Å²) in [4.78, 5) is 0. The van der Waals surface area contributed by atoms with Crippen molar-refractivity contribution >= 4 is 18.7 Å². The van der Waals surface area contributed by atoms with E-state index in [1.54, 1.807) is 0 Å². The van der Waals surface area contributed by atoms with E-state index in [1.807, 2.05) is 0 Å². The van der Waals surface area contributed by atoms with Crippen molar-refractivity contribution in [1.29, 1.82) is 0 Å². The van der Waals surface area contributed by atoms with Crippen molar-refractivity contribution in [3.8, 4) is 0 Å². The smallest absolute Gasteiger partial charge is 0.261 e. The van der Waals surface area contributed by atoms with Gasteiger partial charge in [0, 0.05) is 13.2 Å². The molecule has 2 N–H and O–H groups in total. The van der Waals surface area contributed by atoms with Gasteiger partial charge >= 0.3 is 0 Å². The zero-order valence-electron chi connectivity index (χ0n) is 21.1. The molecule has 2 unspecified atom stereocenters. The lowest BCUT2D eigenvalue weighted by Gasteiger charge is -2.47. The molecule has 1 saturated carbocycles. The van der Waals surface area contributed by atoms with Crippen LogP contribution in [0, 0.1) is 11.3 Å². The summed E-state index contributed by atoms with van der Waals surface area (Å²) >= 11 is 0. The summed E-state index contributed by atoms with van der Waals surface area (Å²) in [5, 5.41) is 22.8. The third-order valence-electron chi connectivity index (χ3n) is 8.15. The van der Waals surface area contributed by atoms with Crippen molar-refractivity contribution in [1.82, 2.24) is 0 Å². The van der Waals surface area contributed by atoms with Crippen molar-refractivity contribution in [2.75, 3.05) is 13.2 Å². The van der Waals surface area contributed by atoms with E-state index in [0.717, 1.165) is 19.3 Å². The number of hydrogen-bond acceptors (Lipinski definition) is 3. The molecule has 3 nitrogen and oxygen atoms in total. The molecular weight excluding hydrogens is 424 g/mol. The quantitative estimate of drug-likeness (QED) is 0.466. The Labute approximate surface area is 202 Å². The molecule has 0 aromatic heterocycles. The van der Waals surface area contributed by atoms with Crippen molar-refractivity contribution in [3.05, 3.63) is 60.7 Å². The van der Waals surface area contributed by atoms with Gasteiger partial charge in [-0.15, -0.1) is 0 Å². The molecule has 1 aliphatic rings. The molecule has 4 heteroatoms. The van der Waals surface area contributed by atoms with Crippen LogP contribution in [0.15, 0.2) is 60.7 Å². The maximum absolute atomic E-state index is 10.8. The Bertz CT molecular complexity index is 785. The molecule has 2 atom stereocenters. The lowest BCUT2D eigenvalue weighted by atomic mass is 9.63. The van der Waals surface area contributed by atoms with Crippen LogP contribution in [0.4, 0.5) is 0 Å². The Morgan fingerprint density at radius 1 is 0.909 bits per heavy atom. The summed E-state index contributed by atoms with van der Waals surface area (Å²) in [7, 11) is -2.55. The normalized spacial score (nSPS) is 18.6. The molecule has 0 bridgehead atoms. The van der Waals surface area contributed by atoms with Gasteiger partial charge in [0.05, 0.1) is 6.10 Å². The predicted molar refractivity (Wildman–Crippen MR) is 141 cm³/mol. The maximum Gasteiger partial charge on any atom is 0.261 e. The molecule has 0 amide bonds. The average Bonchev–Trinajstić information content (AvgIpc) is 2.82.